The van der Waals surface area contributed by atoms with Crippen molar-refractivity contribution >= 4 is 28.7 Å². The molecule has 4 N–H and O–H groups in total. The molecular formula is C18H20F2N6O. The molecule has 1 aliphatic rings. The molecule has 2 aromatic heterocycles. The van der Waals surface area contributed by atoms with E-state index in [-0.39, 0.29) is 30.2 Å². The molecule has 4 rings (SSSR count). The van der Waals surface area contributed by atoms with Gasteiger partial charge in [0.1, 0.15) is 22.8 Å². The summed E-state index contributed by atoms with van der Waals surface area (Å²) in [6, 6.07) is 3.70. The molecule has 1 aromatic carbocycles. The summed E-state index contributed by atoms with van der Waals surface area (Å²) in [5.74, 6) is -0.736. The molecular weight excluding hydrogens is 354 g/mol. The molecule has 1 fully saturated rings. The SMILES string of the molecule is Nc1ncc2nc(Nc3c(F)cccc3F)n([C@H]3CC[C@@H](CO)CC3)c2n1. The summed E-state index contributed by atoms with van der Waals surface area (Å²) in [6.07, 6.45) is 4.81. The number of rotatable bonds is 4. The van der Waals surface area contributed by atoms with Crippen molar-refractivity contribution in [3.05, 3.63) is 36.0 Å². The number of aliphatic hydroxyl groups is 1. The maximum absolute atomic E-state index is 14.1. The molecule has 142 valence electrons. The van der Waals surface area contributed by atoms with E-state index >= 15 is 0 Å². The van der Waals surface area contributed by atoms with Gasteiger partial charge in [-0.15, -0.1) is 0 Å². The van der Waals surface area contributed by atoms with Crippen LogP contribution in [0.4, 0.5) is 26.4 Å². The number of nitrogen functional groups attached to an aromatic ring is 1. The van der Waals surface area contributed by atoms with Crippen molar-refractivity contribution in [3.8, 4) is 0 Å². The summed E-state index contributed by atoms with van der Waals surface area (Å²) in [4.78, 5) is 12.7. The number of nitrogens with one attached hydrogen (secondary N) is 1. The van der Waals surface area contributed by atoms with Crippen LogP contribution in [0.15, 0.2) is 24.4 Å². The van der Waals surface area contributed by atoms with Gasteiger partial charge in [0.05, 0.1) is 6.20 Å². The number of aromatic nitrogens is 4. The van der Waals surface area contributed by atoms with Crippen LogP contribution in [-0.2, 0) is 0 Å². The van der Waals surface area contributed by atoms with Crippen LogP contribution >= 0.6 is 0 Å². The molecule has 7 nitrogen and oxygen atoms in total. The summed E-state index contributed by atoms with van der Waals surface area (Å²) in [7, 11) is 0. The summed E-state index contributed by atoms with van der Waals surface area (Å²) in [6.45, 7) is 0.165. The lowest BCUT2D eigenvalue weighted by molar-refractivity contribution is 0.170. The fourth-order valence-corrected chi connectivity index (χ4v) is 3.65. The van der Waals surface area contributed by atoms with Crippen molar-refractivity contribution in [1.29, 1.82) is 0 Å². The lowest BCUT2D eigenvalue weighted by Gasteiger charge is -2.29. The number of nitrogens with zero attached hydrogens (tertiary/aromatic N) is 4. The highest BCUT2D eigenvalue weighted by Gasteiger charge is 2.27. The Balaban J connectivity index is 1.78. The number of anilines is 3. The number of hydrogen-bond acceptors (Lipinski definition) is 6. The van der Waals surface area contributed by atoms with Crippen LogP contribution in [-0.4, -0.2) is 31.2 Å². The van der Waals surface area contributed by atoms with Gasteiger partial charge in [0.25, 0.3) is 0 Å². The summed E-state index contributed by atoms with van der Waals surface area (Å²) in [5, 5.41) is 12.2. The van der Waals surface area contributed by atoms with E-state index in [4.69, 9.17) is 5.73 Å². The maximum Gasteiger partial charge on any atom is 0.222 e. The molecule has 0 bridgehead atoms. The van der Waals surface area contributed by atoms with Crippen LogP contribution in [0.2, 0.25) is 0 Å². The van der Waals surface area contributed by atoms with Crippen molar-refractivity contribution in [2.45, 2.75) is 31.7 Å². The minimum absolute atomic E-state index is 0.0319. The van der Waals surface area contributed by atoms with E-state index in [0.717, 1.165) is 25.7 Å². The third-order valence-corrected chi connectivity index (χ3v) is 5.09. The molecule has 0 amide bonds. The molecule has 0 unspecified atom stereocenters. The van der Waals surface area contributed by atoms with Gasteiger partial charge in [0, 0.05) is 12.6 Å². The summed E-state index contributed by atoms with van der Waals surface area (Å²) in [5.41, 5.74) is 6.49. The number of hydrogen-bond donors (Lipinski definition) is 3. The number of halogens is 2. The number of fused-ring (bicyclic) bond motifs is 1. The number of aliphatic hydroxyl groups excluding tert-OH is 1. The summed E-state index contributed by atoms with van der Waals surface area (Å²) >= 11 is 0. The van der Waals surface area contributed by atoms with Crippen LogP contribution in [0.5, 0.6) is 0 Å². The summed E-state index contributed by atoms with van der Waals surface area (Å²) < 4.78 is 30.1. The highest BCUT2D eigenvalue weighted by atomic mass is 19.1. The quantitative estimate of drug-likeness (QED) is 0.648. The third kappa shape index (κ3) is 3.30. The van der Waals surface area contributed by atoms with Crippen LogP contribution in [0, 0.1) is 17.6 Å². The fraction of sp³-hybridized carbons (Fsp3) is 0.389. The zero-order chi connectivity index (χ0) is 19.0. The van der Waals surface area contributed by atoms with Crippen molar-refractivity contribution in [2.24, 2.45) is 5.92 Å². The number of nitrogens with two attached hydrogens (primary N) is 1. The molecule has 0 aliphatic heterocycles. The van der Waals surface area contributed by atoms with E-state index < -0.39 is 11.6 Å². The van der Waals surface area contributed by atoms with E-state index in [2.05, 4.69) is 20.3 Å². The Morgan fingerprint density at radius 2 is 1.85 bits per heavy atom. The van der Waals surface area contributed by atoms with E-state index in [1.807, 2.05) is 4.57 Å². The zero-order valence-electron chi connectivity index (χ0n) is 14.6. The maximum atomic E-state index is 14.1. The molecule has 3 aromatic rings. The Hall–Kier alpha value is -2.81. The van der Waals surface area contributed by atoms with Crippen molar-refractivity contribution in [2.75, 3.05) is 17.7 Å². The second kappa shape index (κ2) is 7.07. The van der Waals surface area contributed by atoms with Crippen LogP contribution < -0.4 is 11.1 Å². The van der Waals surface area contributed by atoms with Crippen LogP contribution in [0.1, 0.15) is 31.7 Å². The normalized spacial score (nSPS) is 20.1. The number of imidazole rings is 1. The Bertz CT molecular complexity index is 948. The first-order chi connectivity index (χ1) is 13.1. The van der Waals surface area contributed by atoms with Gasteiger partial charge in [-0.05, 0) is 43.7 Å². The van der Waals surface area contributed by atoms with Crippen molar-refractivity contribution in [3.63, 3.8) is 0 Å². The van der Waals surface area contributed by atoms with Gasteiger partial charge < -0.3 is 16.2 Å². The van der Waals surface area contributed by atoms with Gasteiger partial charge in [0.15, 0.2) is 5.65 Å². The molecule has 27 heavy (non-hydrogen) atoms. The molecule has 0 saturated heterocycles. The molecule has 2 heterocycles. The van der Waals surface area contributed by atoms with E-state index in [9.17, 15) is 13.9 Å². The predicted molar refractivity (Wildman–Crippen MR) is 97.5 cm³/mol. The predicted octanol–water partition coefficient (Wildman–Crippen LogP) is 3.15. The molecule has 0 spiro atoms. The number of benzene rings is 1. The Morgan fingerprint density at radius 1 is 1.15 bits per heavy atom. The lowest BCUT2D eigenvalue weighted by atomic mass is 9.86. The van der Waals surface area contributed by atoms with Gasteiger partial charge in [-0.2, -0.15) is 4.98 Å². The van der Waals surface area contributed by atoms with Gasteiger partial charge in [-0.25, -0.2) is 18.7 Å². The standard InChI is InChI=1S/C18H20F2N6O/c19-12-2-1-3-13(20)15(12)24-18-23-14-8-22-17(21)25-16(14)26(18)11-6-4-10(9-27)5-7-11/h1-3,8,10-11,27H,4-7,9H2,(H,23,24)(H2,21,22,25)/t10-,11+. The lowest BCUT2D eigenvalue weighted by Crippen LogP contribution is -2.21. The van der Waals surface area contributed by atoms with Gasteiger partial charge >= 0.3 is 0 Å². The first-order valence-electron chi connectivity index (χ1n) is 8.89. The zero-order valence-corrected chi connectivity index (χ0v) is 14.6. The smallest absolute Gasteiger partial charge is 0.222 e. The fourth-order valence-electron chi connectivity index (χ4n) is 3.65. The van der Waals surface area contributed by atoms with Gasteiger partial charge in [0.2, 0.25) is 11.9 Å². The first kappa shape index (κ1) is 17.6. The monoisotopic (exact) mass is 374 g/mol. The first-order valence-corrected chi connectivity index (χ1v) is 8.89. The Morgan fingerprint density at radius 3 is 2.52 bits per heavy atom. The second-order valence-electron chi connectivity index (χ2n) is 6.82. The third-order valence-electron chi connectivity index (χ3n) is 5.09. The van der Waals surface area contributed by atoms with Gasteiger partial charge in [-0.1, -0.05) is 6.07 Å². The molecule has 1 aliphatic carbocycles. The average Bonchev–Trinajstić information content (AvgIpc) is 3.02. The minimum atomic E-state index is -0.705. The van der Waals surface area contributed by atoms with Crippen LogP contribution in [0.25, 0.3) is 11.2 Å². The highest BCUT2D eigenvalue weighted by molar-refractivity contribution is 5.76. The second-order valence-corrected chi connectivity index (χ2v) is 6.82. The number of para-hydroxylation sites is 1. The Kier molecular flexibility index (Phi) is 4.61. The molecule has 0 radical (unpaired) electrons. The van der Waals surface area contributed by atoms with E-state index in [0.29, 0.717) is 17.1 Å². The van der Waals surface area contributed by atoms with Crippen molar-refractivity contribution in [1.82, 2.24) is 19.5 Å². The van der Waals surface area contributed by atoms with E-state index in [1.54, 1.807) is 0 Å². The molecule has 9 heteroatoms. The highest BCUT2D eigenvalue weighted by Crippen LogP contribution is 2.37. The molecule has 0 atom stereocenters. The Labute approximate surface area is 154 Å². The molecule has 1 saturated carbocycles. The topological polar surface area (TPSA) is 102 Å². The minimum Gasteiger partial charge on any atom is -0.396 e. The van der Waals surface area contributed by atoms with E-state index in [1.165, 1.54) is 24.4 Å². The van der Waals surface area contributed by atoms with Crippen molar-refractivity contribution < 1.29 is 13.9 Å². The average molecular weight is 374 g/mol. The largest absolute Gasteiger partial charge is 0.396 e. The van der Waals surface area contributed by atoms with Crippen LogP contribution in [0.3, 0.4) is 0 Å². The van der Waals surface area contributed by atoms with Gasteiger partial charge in [-0.3, -0.25) is 4.57 Å².